The number of ether oxygens (including phenoxy) is 1. The molecule has 120 valence electrons. The van der Waals surface area contributed by atoms with Gasteiger partial charge in [-0.25, -0.2) is 0 Å². The fraction of sp³-hybridized carbons (Fsp3) is 0.176. The molecule has 0 radical (unpaired) electrons. The van der Waals surface area contributed by atoms with Crippen molar-refractivity contribution in [3.8, 4) is 0 Å². The molecule has 23 heavy (non-hydrogen) atoms. The van der Waals surface area contributed by atoms with Gasteiger partial charge in [0.05, 0.1) is 22.4 Å². The third-order valence-electron chi connectivity index (χ3n) is 3.23. The standard InChI is InChI=1S/C17H14Cl2O4/c18-14-7-6-12(8-15(14)19)13(9-16(20)21)17(22)23-10-11-4-2-1-3-5-11/h1-8,13H,9-10H2,(H,20,21). The Hall–Kier alpha value is -2.04. The van der Waals surface area contributed by atoms with Crippen LogP contribution >= 0.6 is 23.2 Å². The second-order valence-corrected chi connectivity index (χ2v) is 5.73. The molecule has 0 saturated heterocycles. The number of hydrogen-bond donors (Lipinski definition) is 1. The average molecular weight is 353 g/mol. The van der Waals surface area contributed by atoms with Gasteiger partial charge in [0.15, 0.2) is 0 Å². The van der Waals surface area contributed by atoms with Gasteiger partial charge in [-0.15, -0.1) is 0 Å². The summed E-state index contributed by atoms with van der Waals surface area (Å²) in [5, 5.41) is 9.63. The lowest BCUT2D eigenvalue weighted by atomic mass is 9.96. The Balaban J connectivity index is 2.15. The number of carboxylic acid groups (broad SMARTS) is 1. The van der Waals surface area contributed by atoms with E-state index in [1.807, 2.05) is 30.3 Å². The quantitative estimate of drug-likeness (QED) is 0.787. The van der Waals surface area contributed by atoms with E-state index in [-0.39, 0.29) is 18.1 Å². The Kier molecular flexibility index (Phi) is 6.02. The number of aliphatic carboxylic acids is 1. The summed E-state index contributed by atoms with van der Waals surface area (Å²) >= 11 is 11.8. The summed E-state index contributed by atoms with van der Waals surface area (Å²) in [5.41, 5.74) is 1.28. The highest BCUT2D eigenvalue weighted by molar-refractivity contribution is 6.42. The van der Waals surface area contributed by atoms with E-state index in [9.17, 15) is 9.59 Å². The normalized spacial score (nSPS) is 11.7. The first-order valence-electron chi connectivity index (χ1n) is 6.84. The molecule has 0 aliphatic carbocycles. The van der Waals surface area contributed by atoms with Crippen molar-refractivity contribution in [3.63, 3.8) is 0 Å². The molecule has 1 N–H and O–H groups in total. The van der Waals surface area contributed by atoms with Gasteiger partial charge < -0.3 is 9.84 Å². The van der Waals surface area contributed by atoms with Gasteiger partial charge in [-0.2, -0.15) is 0 Å². The van der Waals surface area contributed by atoms with E-state index in [2.05, 4.69) is 0 Å². The van der Waals surface area contributed by atoms with E-state index in [1.54, 1.807) is 6.07 Å². The smallest absolute Gasteiger partial charge is 0.314 e. The molecule has 0 amide bonds. The van der Waals surface area contributed by atoms with Crippen LogP contribution in [-0.2, 0) is 20.9 Å². The first kappa shape index (κ1) is 17.3. The van der Waals surface area contributed by atoms with Crippen LogP contribution in [-0.4, -0.2) is 17.0 Å². The van der Waals surface area contributed by atoms with Crippen LogP contribution in [0, 0.1) is 0 Å². The van der Waals surface area contributed by atoms with E-state index in [1.165, 1.54) is 12.1 Å². The van der Waals surface area contributed by atoms with E-state index < -0.39 is 17.9 Å². The number of hydrogen-bond acceptors (Lipinski definition) is 3. The van der Waals surface area contributed by atoms with E-state index in [0.717, 1.165) is 5.56 Å². The molecule has 6 heteroatoms. The molecular weight excluding hydrogens is 339 g/mol. The minimum Gasteiger partial charge on any atom is -0.481 e. The van der Waals surface area contributed by atoms with Gasteiger partial charge in [0.2, 0.25) is 0 Å². The third-order valence-corrected chi connectivity index (χ3v) is 3.97. The Morgan fingerprint density at radius 3 is 2.35 bits per heavy atom. The van der Waals surface area contributed by atoms with Crippen LogP contribution < -0.4 is 0 Å². The molecule has 0 heterocycles. The minimum atomic E-state index is -1.10. The molecule has 0 aromatic heterocycles. The maximum Gasteiger partial charge on any atom is 0.314 e. The van der Waals surface area contributed by atoms with Gasteiger partial charge in [-0.05, 0) is 23.3 Å². The van der Waals surface area contributed by atoms with Crippen LogP contribution in [0.2, 0.25) is 10.0 Å². The maximum absolute atomic E-state index is 12.3. The van der Waals surface area contributed by atoms with Crippen molar-refractivity contribution in [2.24, 2.45) is 0 Å². The predicted molar refractivity (Wildman–Crippen MR) is 87.7 cm³/mol. The fourth-order valence-corrected chi connectivity index (χ4v) is 2.38. The van der Waals surface area contributed by atoms with Crippen molar-refractivity contribution in [1.29, 1.82) is 0 Å². The molecule has 1 unspecified atom stereocenters. The predicted octanol–water partition coefficient (Wildman–Crippen LogP) is 4.30. The Morgan fingerprint density at radius 2 is 1.74 bits per heavy atom. The molecule has 1 atom stereocenters. The van der Waals surface area contributed by atoms with Gasteiger partial charge in [0, 0.05) is 0 Å². The van der Waals surface area contributed by atoms with Crippen molar-refractivity contribution < 1.29 is 19.4 Å². The van der Waals surface area contributed by atoms with Crippen LogP contribution in [0.15, 0.2) is 48.5 Å². The van der Waals surface area contributed by atoms with Crippen LogP contribution in [0.4, 0.5) is 0 Å². The minimum absolute atomic E-state index is 0.0805. The summed E-state index contributed by atoms with van der Waals surface area (Å²) in [5.74, 6) is -2.65. The fourth-order valence-electron chi connectivity index (χ4n) is 2.07. The highest BCUT2D eigenvalue weighted by Crippen LogP contribution is 2.29. The van der Waals surface area contributed by atoms with Crippen LogP contribution in [0.1, 0.15) is 23.5 Å². The maximum atomic E-state index is 12.3. The molecule has 2 aromatic carbocycles. The monoisotopic (exact) mass is 352 g/mol. The highest BCUT2D eigenvalue weighted by Gasteiger charge is 2.26. The van der Waals surface area contributed by atoms with Crippen molar-refractivity contribution in [2.75, 3.05) is 0 Å². The van der Waals surface area contributed by atoms with Gasteiger partial charge in [-0.1, -0.05) is 59.6 Å². The SMILES string of the molecule is O=C(O)CC(C(=O)OCc1ccccc1)c1ccc(Cl)c(Cl)c1. The number of halogens is 2. The number of esters is 1. The average Bonchev–Trinajstić information content (AvgIpc) is 2.54. The number of rotatable bonds is 6. The zero-order chi connectivity index (χ0) is 16.8. The second-order valence-electron chi connectivity index (χ2n) is 4.92. The van der Waals surface area contributed by atoms with Crippen LogP contribution in [0.3, 0.4) is 0 Å². The molecule has 0 aliphatic heterocycles. The van der Waals surface area contributed by atoms with Crippen molar-refractivity contribution in [3.05, 3.63) is 69.7 Å². The zero-order valence-corrected chi connectivity index (χ0v) is 13.6. The topological polar surface area (TPSA) is 63.6 Å². The molecular formula is C17H14Cl2O4. The van der Waals surface area contributed by atoms with Gasteiger partial charge >= 0.3 is 11.9 Å². The molecule has 0 fully saturated rings. The molecule has 2 rings (SSSR count). The van der Waals surface area contributed by atoms with Crippen LogP contribution in [0.5, 0.6) is 0 Å². The lowest BCUT2D eigenvalue weighted by Gasteiger charge is -2.15. The number of carboxylic acids is 1. The van der Waals surface area contributed by atoms with Gasteiger partial charge in [0.1, 0.15) is 6.61 Å². The molecule has 0 bridgehead atoms. The first-order valence-corrected chi connectivity index (χ1v) is 7.60. The third kappa shape index (κ3) is 4.98. The lowest BCUT2D eigenvalue weighted by Crippen LogP contribution is -2.19. The lowest BCUT2D eigenvalue weighted by molar-refractivity contribution is -0.150. The van der Waals surface area contributed by atoms with Crippen molar-refractivity contribution in [1.82, 2.24) is 0 Å². The summed E-state index contributed by atoms with van der Waals surface area (Å²) in [6.45, 7) is 0.0805. The van der Waals surface area contributed by atoms with Crippen LogP contribution in [0.25, 0.3) is 0 Å². The second kappa shape index (κ2) is 7.99. The number of carbonyl (C=O) groups is 2. The van der Waals surface area contributed by atoms with E-state index >= 15 is 0 Å². The zero-order valence-electron chi connectivity index (χ0n) is 12.0. The summed E-state index contributed by atoms with van der Waals surface area (Å²) in [7, 11) is 0. The highest BCUT2D eigenvalue weighted by atomic mass is 35.5. The Bertz CT molecular complexity index is 701. The summed E-state index contributed by atoms with van der Waals surface area (Å²) < 4.78 is 5.24. The number of benzene rings is 2. The molecule has 0 saturated carbocycles. The molecule has 4 nitrogen and oxygen atoms in total. The van der Waals surface area contributed by atoms with E-state index in [0.29, 0.717) is 10.6 Å². The molecule has 0 spiro atoms. The Labute approximate surface area is 143 Å². The first-order chi connectivity index (χ1) is 11.0. The largest absolute Gasteiger partial charge is 0.481 e. The molecule has 2 aromatic rings. The Morgan fingerprint density at radius 1 is 1.04 bits per heavy atom. The van der Waals surface area contributed by atoms with Gasteiger partial charge in [0.25, 0.3) is 0 Å². The van der Waals surface area contributed by atoms with Crippen molar-refractivity contribution in [2.45, 2.75) is 18.9 Å². The van der Waals surface area contributed by atoms with Crippen molar-refractivity contribution >= 4 is 35.1 Å². The summed E-state index contributed by atoms with van der Waals surface area (Å²) in [6, 6.07) is 13.7. The summed E-state index contributed by atoms with van der Waals surface area (Å²) in [4.78, 5) is 23.3. The van der Waals surface area contributed by atoms with E-state index in [4.69, 9.17) is 33.0 Å². The number of carbonyl (C=O) groups excluding carboxylic acids is 1. The molecule has 0 aliphatic rings. The summed E-state index contributed by atoms with van der Waals surface area (Å²) in [6.07, 6.45) is -0.383. The van der Waals surface area contributed by atoms with Gasteiger partial charge in [-0.3, -0.25) is 9.59 Å².